The van der Waals surface area contributed by atoms with E-state index in [1.165, 1.54) is 0 Å². The second kappa shape index (κ2) is 6.52. The Morgan fingerprint density at radius 2 is 2.24 bits per heavy atom. The Balaban J connectivity index is 2.71. The van der Waals surface area contributed by atoms with Crippen LogP contribution < -0.4 is 5.32 Å². The van der Waals surface area contributed by atoms with Crippen LogP contribution in [0, 0.1) is 0 Å². The number of rotatable bonds is 4. The first-order valence-electron chi connectivity index (χ1n) is 4.98. The van der Waals surface area contributed by atoms with Crippen molar-refractivity contribution in [2.24, 2.45) is 0 Å². The molecule has 2 atom stereocenters. The van der Waals surface area contributed by atoms with Crippen LogP contribution in [0.3, 0.4) is 0 Å². The number of benzene rings is 1. The van der Waals surface area contributed by atoms with Gasteiger partial charge in [-0.25, -0.2) is 0 Å². The van der Waals surface area contributed by atoms with Gasteiger partial charge in [-0.2, -0.15) is 0 Å². The lowest BCUT2D eigenvalue weighted by molar-refractivity contribution is 0.0954. The van der Waals surface area contributed by atoms with Crippen LogP contribution in [0.4, 0.5) is 0 Å². The zero-order valence-corrected chi connectivity index (χ0v) is 12.7. The minimum atomic E-state index is -0.950. The maximum atomic E-state index is 11.8. The van der Waals surface area contributed by atoms with Crippen molar-refractivity contribution >= 4 is 44.2 Å². The van der Waals surface area contributed by atoms with Gasteiger partial charge < -0.3 is 5.32 Å². The van der Waals surface area contributed by atoms with Crippen molar-refractivity contribution in [3.05, 3.63) is 33.3 Å². The fourth-order valence-corrected chi connectivity index (χ4v) is 2.02. The molecule has 0 aliphatic rings. The summed E-state index contributed by atoms with van der Waals surface area (Å²) in [7, 11) is -0.950. The molecule has 94 valence electrons. The summed E-state index contributed by atoms with van der Waals surface area (Å²) in [6, 6.07) is 5.16. The van der Waals surface area contributed by atoms with Gasteiger partial charge in [0.15, 0.2) is 0 Å². The average molecular weight is 339 g/mol. The molecule has 3 nitrogen and oxygen atoms in total. The van der Waals surface area contributed by atoms with E-state index >= 15 is 0 Å². The Labute approximate surface area is 117 Å². The maximum Gasteiger partial charge on any atom is 0.252 e. The zero-order valence-electron chi connectivity index (χ0n) is 9.50. The summed E-state index contributed by atoms with van der Waals surface area (Å²) >= 11 is 9.26. The first-order valence-corrected chi connectivity index (χ1v) is 7.77. The molecule has 0 aliphatic carbocycles. The fourth-order valence-electron chi connectivity index (χ4n) is 1.13. The van der Waals surface area contributed by atoms with Crippen molar-refractivity contribution < 1.29 is 9.00 Å². The normalized spacial score (nSPS) is 14.1. The lowest BCUT2D eigenvalue weighted by Crippen LogP contribution is -2.32. The monoisotopic (exact) mass is 337 g/mol. The van der Waals surface area contributed by atoms with E-state index in [0.29, 0.717) is 21.6 Å². The summed E-state index contributed by atoms with van der Waals surface area (Å²) in [4.78, 5) is 11.8. The van der Waals surface area contributed by atoms with Gasteiger partial charge in [-0.15, -0.1) is 0 Å². The molecule has 1 aromatic rings. The Morgan fingerprint density at radius 3 is 2.82 bits per heavy atom. The average Bonchev–Trinajstić information content (AvgIpc) is 2.29. The van der Waals surface area contributed by atoms with Gasteiger partial charge in [0, 0.05) is 33.3 Å². The number of hydrogen-bond donors (Lipinski definition) is 1. The number of hydrogen-bond acceptors (Lipinski definition) is 2. The van der Waals surface area contributed by atoms with E-state index in [1.807, 2.05) is 6.92 Å². The third kappa shape index (κ3) is 4.08. The van der Waals surface area contributed by atoms with Crippen molar-refractivity contribution in [1.82, 2.24) is 5.32 Å². The first kappa shape index (κ1) is 14.7. The van der Waals surface area contributed by atoms with Crippen LogP contribution in [0.2, 0.25) is 5.02 Å². The Hall–Kier alpha value is -0.390. The summed E-state index contributed by atoms with van der Waals surface area (Å²) in [5, 5.41) is 3.02. The molecule has 0 aromatic heterocycles. The smallest absolute Gasteiger partial charge is 0.252 e. The molecule has 0 bridgehead atoms. The van der Waals surface area contributed by atoms with Crippen molar-refractivity contribution in [3.8, 4) is 0 Å². The summed E-state index contributed by atoms with van der Waals surface area (Å²) in [6.45, 7) is 2.18. The van der Waals surface area contributed by atoms with Gasteiger partial charge in [-0.3, -0.25) is 9.00 Å². The highest BCUT2D eigenvalue weighted by molar-refractivity contribution is 9.10. The molecular weight excluding hydrogens is 326 g/mol. The minimum absolute atomic E-state index is 0.0788. The van der Waals surface area contributed by atoms with Gasteiger partial charge >= 0.3 is 0 Å². The Kier molecular flexibility index (Phi) is 5.62. The number of carbonyl (C=O) groups excluding carboxylic acids is 1. The number of amides is 1. The van der Waals surface area contributed by atoms with Gasteiger partial charge in [0.1, 0.15) is 0 Å². The highest BCUT2D eigenvalue weighted by Gasteiger charge is 2.14. The number of carbonyl (C=O) groups is 1. The second-order valence-corrected chi connectivity index (χ2v) is 6.65. The Morgan fingerprint density at radius 1 is 1.59 bits per heavy atom. The van der Waals surface area contributed by atoms with E-state index in [0.717, 1.165) is 0 Å². The molecule has 1 amide bonds. The van der Waals surface area contributed by atoms with Crippen molar-refractivity contribution in [2.75, 3.05) is 12.8 Å². The number of nitrogens with one attached hydrogen (secondary N) is 1. The quantitative estimate of drug-likeness (QED) is 0.917. The van der Waals surface area contributed by atoms with E-state index < -0.39 is 10.8 Å². The fraction of sp³-hybridized carbons (Fsp3) is 0.364. The highest BCUT2D eigenvalue weighted by Crippen LogP contribution is 2.25. The van der Waals surface area contributed by atoms with Crippen LogP contribution in [-0.2, 0) is 10.8 Å². The van der Waals surface area contributed by atoms with E-state index in [-0.39, 0.29) is 11.2 Å². The summed E-state index contributed by atoms with van der Waals surface area (Å²) < 4.78 is 11.8. The first-order chi connectivity index (χ1) is 7.93. The van der Waals surface area contributed by atoms with E-state index in [1.54, 1.807) is 24.5 Å². The molecule has 1 aromatic carbocycles. The van der Waals surface area contributed by atoms with Gasteiger partial charge in [0.25, 0.3) is 5.91 Å². The summed E-state index contributed by atoms with van der Waals surface area (Å²) in [5.74, 6) is -0.256. The molecule has 6 heteroatoms. The molecule has 0 heterocycles. The minimum Gasteiger partial charge on any atom is -0.351 e. The van der Waals surface area contributed by atoms with Gasteiger partial charge in [0.05, 0.1) is 10.6 Å². The summed E-state index contributed by atoms with van der Waals surface area (Å²) in [5.41, 5.74) is 0.412. The van der Waals surface area contributed by atoms with Crippen LogP contribution in [-0.4, -0.2) is 28.2 Å². The Bertz CT molecular complexity index is 453. The molecule has 0 saturated carbocycles. The third-order valence-electron chi connectivity index (χ3n) is 2.31. The van der Waals surface area contributed by atoms with Crippen LogP contribution in [0.15, 0.2) is 22.7 Å². The molecule has 17 heavy (non-hydrogen) atoms. The molecule has 0 unspecified atom stereocenters. The van der Waals surface area contributed by atoms with E-state index in [9.17, 15) is 9.00 Å². The molecule has 0 saturated heterocycles. The van der Waals surface area contributed by atoms with Crippen molar-refractivity contribution in [2.45, 2.75) is 12.2 Å². The SMILES string of the molecule is C[C@@H](CNC(=O)c1cccc(Br)c1Cl)[S@@](C)=O. The van der Waals surface area contributed by atoms with E-state index in [4.69, 9.17) is 11.6 Å². The van der Waals surface area contributed by atoms with Crippen molar-refractivity contribution in [3.63, 3.8) is 0 Å². The maximum absolute atomic E-state index is 11.8. The second-order valence-electron chi connectivity index (χ2n) is 3.62. The zero-order chi connectivity index (χ0) is 13.0. The molecule has 1 N–H and O–H groups in total. The molecule has 0 fully saturated rings. The predicted molar refractivity (Wildman–Crippen MR) is 75.0 cm³/mol. The number of halogens is 2. The summed E-state index contributed by atoms with van der Waals surface area (Å²) in [6.07, 6.45) is 1.61. The molecule has 0 spiro atoms. The predicted octanol–water partition coefficient (Wildman–Crippen LogP) is 2.60. The standard InChI is InChI=1S/C11H13BrClNO2S/c1-7(17(2)16)6-14-11(15)8-4-3-5-9(12)10(8)13/h3-5,7H,6H2,1-2H3,(H,14,15)/t7-,17+/m0/s1. The molecular formula is C11H13BrClNO2S. The molecule has 0 radical (unpaired) electrons. The lowest BCUT2D eigenvalue weighted by atomic mass is 10.2. The van der Waals surface area contributed by atoms with E-state index in [2.05, 4.69) is 21.2 Å². The lowest BCUT2D eigenvalue weighted by Gasteiger charge is -2.11. The van der Waals surface area contributed by atoms with Gasteiger partial charge in [0.2, 0.25) is 0 Å². The van der Waals surface area contributed by atoms with Crippen LogP contribution >= 0.6 is 27.5 Å². The van der Waals surface area contributed by atoms with Crippen molar-refractivity contribution in [1.29, 1.82) is 0 Å². The van der Waals surface area contributed by atoms with Crippen LogP contribution in [0.1, 0.15) is 17.3 Å². The topological polar surface area (TPSA) is 46.2 Å². The largest absolute Gasteiger partial charge is 0.351 e. The van der Waals surface area contributed by atoms with Crippen LogP contribution in [0.5, 0.6) is 0 Å². The molecule has 0 aliphatic heterocycles. The molecule has 1 rings (SSSR count). The third-order valence-corrected chi connectivity index (χ3v) is 4.91. The van der Waals surface area contributed by atoms with Gasteiger partial charge in [-0.1, -0.05) is 17.7 Å². The van der Waals surface area contributed by atoms with Crippen LogP contribution in [0.25, 0.3) is 0 Å². The van der Waals surface area contributed by atoms with Gasteiger partial charge in [-0.05, 0) is 35.0 Å². The highest BCUT2D eigenvalue weighted by atomic mass is 79.9.